The second-order valence-electron chi connectivity index (χ2n) is 19.5. The van der Waals surface area contributed by atoms with Crippen molar-refractivity contribution in [3.05, 3.63) is 12.2 Å². The van der Waals surface area contributed by atoms with Crippen LogP contribution in [0.15, 0.2) is 12.2 Å². The molecule has 0 aromatic rings. The summed E-state index contributed by atoms with van der Waals surface area (Å²) in [6.07, 6.45) is 42.7. The summed E-state index contributed by atoms with van der Waals surface area (Å²) in [7, 11) is -5.08. The fraction of sp³-hybridized carbons (Fsp3) is 0.943. The second-order valence-corrected chi connectivity index (χ2v) is 20.6. The van der Waals surface area contributed by atoms with Crippen LogP contribution in [0.5, 0.6) is 0 Å². The Hall–Kier alpha value is -1.16. The first kappa shape index (κ1) is 62.9. The molecule has 392 valence electrons. The van der Waals surface area contributed by atoms with Gasteiger partial charge >= 0.3 is 10.4 Å². The zero-order chi connectivity index (χ0) is 48.4. The molecule has 0 saturated carbocycles. The first-order valence-corrected chi connectivity index (χ1v) is 28.9. The van der Waals surface area contributed by atoms with Crippen molar-refractivity contribution in [1.82, 2.24) is 5.32 Å². The molecule has 1 amide bonds. The molecule has 0 spiro atoms. The number of aliphatic hydroxyl groups is 4. The summed E-state index contributed by atoms with van der Waals surface area (Å²) in [4.78, 5) is 13.1. The molecule has 13 heteroatoms. The van der Waals surface area contributed by atoms with Crippen LogP contribution in [0, 0.1) is 0 Å². The third-order valence-corrected chi connectivity index (χ3v) is 13.8. The Bertz CT molecular complexity index is 1220. The molecule has 1 heterocycles. The van der Waals surface area contributed by atoms with E-state index < -0.39 is 59.9 Å². The molecule has 1 rings (SSSR count). The number of nitrogens with one attached hydrogen (secondary N) is 1. The first-order chi connectivity index (χ1) is 32.0. The zero-order valence-corrected chi connectivity index (χ0v) is 43.1. The molecule has 1 fully saturated rings. The summed E-state index contributed by atoms with van der Waals surface area (Å²) in [6.45, 7) is 3.41. The predicted molar refractivity (Wildman–Crippen MR) is 269 cm³/mol. The van der Waals surface area contributed by atoms with E-state index >= 15 is 0 Å². The van der Waals surface area contributed by atoms with E-state index in [1.807, 2.05) is 6.08 Å². The Morgan fingerprint density at radius 2 is 0.955 bits per heavy atom. The van der Waals surface area contributed by atoms with Gasteiger partial charge in [-0.15, -0.1) is 0 Å². The normalized spacial score (nSPS) is 20.0. The van der Waals surface area contributed by atoms with Crippen molar-refractivity contribution in [3.8, 4) is 0 Å². The molecule has 66 heavy (non-hydrogen) atoms. The quantitative estimate of drug-likeness (QED) is 0.0193. The Morgan fingerprint density at radius 1 is 0.591 bits per heavy atom. The Kier molecular flexibility index (Phi) is 41.7. The van der Waals surface area contributed by atoms with E-state index in [2.05, 4.69) is 23.3 Å². The summed E-state index contributed by atoms with van der Waals surface area (Å²) in [5, 5.41) is 44.8. The third-order valence-electron chi connectivity index (χ3n) is 13.3. The van der Waals surface area contributed by atoms with E-state index in [0.29, 0.717) is 6.42 Å². The molecule has 0 aromatic carbocycles. The number of aliphatic hydroxyl groups excluding tert-OH is 4. The zero-order valence-electron chi connectivity index (χ0n) is 42.3. The first-order valence-electron chi connectivity index (χ1n) is 27.6. The van der Waals surface area contributed by atoms with Gasteiger partial charge in [-0.2, -0.15) is 8.42 Å². The maximum Gasteiger partial charge on any atom is 0.397 e. The predicted octanol–water partition coefficient (Wildman–Crippen LogP) is 12.3. The Balaban J connectivity index is 2.29. The average molecular weight is 962 g/mol. The van der Waals surface area contributed by atoms with Crippen molar-refractivity contribution in [2.75, 3.05) is 13.2 Å². The molecule has 0 bridgehead atoms. The van der Waals surface area contributed by atoms with Gasteiger partial charge in [-0.25, -0.2) is 4.18 Å². The highest BCUT2D eigenvalue weighted by Crippen LogP contribution is 2.26. The van der Waals surface area contributed by atoms with Crippen LogP contribution in [0.4, 0.5) is 0 Å². The van der Waals surface area contributed by atoms with Gasteiger partial charge in [0.05, 0.1) is 25.4 Å². The number of carbonyl (C=O) groups excluding carboxylic acids is 1. The lowest BCUT2D eigenvalue weighted by Crippen LogP contribution is -2.61. The van der Waals surface area contributed by atoms with E-state index in [0.717, 1.165) is 38.5 Å². The van der Waals surface area contributed by atoms with Gasteiger partial charge in [0.25, 0.3) is 0 Å². The van der Waals surface area contributed by atoms with Crippen LogP contribution in [0.1, 0.15) is 264 Å². The summed E-state index contributed by atoms with van der Waals surface area (Å²) in [5.41, 5.74) is 0. The summed E-state index contributed by atoms with van der Waals surface area (Å²) < 4.78 is 47.7. The standard InChI is InChI=1S/C53H103NO11S/c1-3-5-7-9-11-13-15-17-18-19-20-21-22-23-24-25-26-27-28-29-30-31-33-35-37-39-41-43-49(57)54-46(47(56)42-40-38-36-34-32-16-14-12-10-8-6-4-2)45-63-53-51(59)52(65-66(60,61)62)50(58)48(44-55)64-53/h40,42,46-48,50-53,55-56,58-59H,3-39,41,43-45H2,1-2H3,(H,54,57)(H,60,61,62)/b42-40+. The van der Waals surface area contributed by atoms with Crippen molar-refractivity contribution in [2.45, 2.75) is 307 Å². The molecule has 0 radical (unpaired) electrons. The third kappa shape index (κ3) is 35.9. The molecule has 0 aromatic heterocycles. The van der Waals surface area contributed by atoms with Crippen LogP contribution in [0.3, 0.4) is 0 Å². The van der Waals surface area contributed by atoms with Crippen molar-refractivity contribution in [1.29, 1.82) is 0 Å². The highest BCUT2D eigenvalue weighted by molar-refractivity contribution is 7.80. The van der Waals surface area contributed by atoms with Crippen LogP contribution in [-0.2, 0) is 28.9 Å². The minimum absolute atomic E-state index is 0.258. The Labute approximate surface area is 404 Å². The van der Waals surface area contributed by atoms with Gasteiger partial charge in [0.2, 0.25) is 5.91 Å². The van der Waals surface area contributed by atoms with Gasteiger partial charge < -0.3 is 35.2 Å². The molecule has 1 saturated heterocycles. The van der Waals surface area contributed by atoms with Crippen LogP contribution in [0.2, 0.25) is 0 Å². The van der Waals surface area contributed by atoms with E-state index in [-0.39, 0.29) is 18.9 Å². The Morgan fingerprint density at radius 3 is 1.32 bits per heavy atom. The van der Waals surface area contributed by atoms with Gasteiger partial charge in [-0.3, -0.25) is 9.35 Å². The van der Waals surface area contributed by atoms with Gasteiger partial charge in [0.15, 0.2) is 6.29 Å². The molecule has 12 nitrogen and oxygen atoms in total. The molecule has 1 aliphatic heterocycles. The van der Waals surface area contributed by atoms with Crippen molar-refractivity contribution >= 4 is 16.3 Å². The minimum atomic E-state index is -5.08. The van der Waals surface area contributed by atoms with Gasteiger partial charge in [0, 0.05) is 6.42 Å². The van der Waals surface area contributed by atoms with E-state index in [1.165, 1.54) is 199 Å². The van der Waals surface area contributed by atoms with Crippen molar-refractivity contribution in [2.24, 2.45) is 0 Å². The van der Waals surface area contributed by atoms with Crippen molar-refractivity contribution in [3.63, 3.8) is 0 Å². The number of rotatable bonds is 48. The topological polar surface area (TPSA) is 192 Å². The van der Waals surface area contributed by atoms with Gasteiger partial charge in [-0.1, -0.05) is 251 Å². The largest absolute Gasteiger partial charge is 0.397 e. The molecular formula is C53H103NO11S. The number of carbonyl (C=O) groups is 1. The maximum absolute atomic E-state index is 13.1. The average Bonchev–Trinajstić information content (AvgIpc) is 3.29. The summed E-state index contributed by atoms with van der Waals surface area (Å²) in [6, 6.07) is -0.938. The number of hydrogen-bond donors (Lipinski definition) is 6. The lowest BCUT2D eigenvalue weighted by atomic mass is 9.99. The number of amides is 1. The SMILES string of the molecule is CCCCCCCCCCCC/C=C/C(O)C(COC1OC(CO)C(O)C(OS(=O)(=O)O)C1O)NC(=O)CCCCCCCCCCCCCCCCCCCCCCCCCCCCC. The molecule has 6 N–H and O–H groups in total. The molecule has 7 unspecified atom stereocenters. The van der Waals surface area contributed by atoms with Crippen LogP contribution >= 0.6 is 0 Å². The number of hydrogen-bond acceptors (Lipinski definition) is 10. The summed E-state index contributed by atoms with van der Waals surface area (Å²) in [5.74, 6) is -0.258. The van der Waals surface area contributed by atoms with Crippen LogP contribution < -0.4 is 5.32 Å². The number of allylic oxidation sites excluding steroid dienone is 1. The smallest absolute Gasteiger partial charge is 0.394 e. The van der Waals surface area contributed by atoms with Crippen LogP contribution in [-0.4, -0.2) is 95.4 Å². The van der Waals surface area contributed by atoms with E-state index in [9.17, 15) is 38.2 Å². The minimum Gasteiger partial charge on any atom is -0.394 e. The number of ether oxygens (including phenoxy) is 2. The summed E-state index contributed by atoms with van der Waals surface area (Å²) >= 11 is 0. The van der Waals surface area contributed by atoms with Gasteiger partial charge in [0.1, 0.15) is 24.4 Å². The van der Waals surface area contributed by atoms with E-state index in [1.54, 1.807) is 6.08 Å². The fourth-order valence-corrected chi connectivity index (χ4v) is 9.55. The lowest BCUT2D eigenvalue weighted by molar-refractivity contribution is -0.298. The molecule has 0 aliphatic carbocycles. The van der Waals surface area contributed by atoms with E-state index in [4.69, 9.17) is 9.47 Å². The molecular weight excluding hydrogens is 859 g/mol. The number of unbranched alkanes of at least 4 members (excludes halogenated alkanes) is 36. The monoisotopic (exact) mass is 962 g/mol. The molecule has 7 atom stereocenters. The maximum atomic E-state index is 13.1. The fourth-order valence-electron chi connectivity index (χ4n) is 9.05. The second kappa shape index (κ2) is 43.8. The molecule has 1 aliphatic rings. The van der Waals surface area contributed by atoms with Gasteiger partial charge in [-0.05, 0) is 19.3 Å². The highest BCUT2D eigenvalue weighted by Gasteiger charge is 2.48. The van der Waals surface area contributed by atoms with Crippen molar-refractivity contribution < 1.29 is 51.8 Å². The highest BCUT2D eigenvalue weighted by atomic mass is 32.3. The van der Waals surface area contributed by atoms with Crippen LogP contribution in [0.25, 0.3) is 0 Å². The lowest BCUT2D eigenvalue weighted by Gasteiger charge is -2.41.